The lowest BCUT2D eigenvalue weighted by molar-refractivity contribution is 0.847. The summed E-state index contributed by atoms with van der Waals surface area (Å²) in [5.41, 5.74) is 2.20. The zero-order chi connectivity index (χ0) is 12.4. The zero-order valence-corrected chi connectivity index (χ0v) is 11.1. The molecule has 0 saturated carbocycles. The van der Waals surface area contributed by atoms with Crippen LogP contribution in [0.15, 0.2) is 65.5 Å². The highest BCUT2D eigenvalue weighted by atomic mass is 79.9. The fraction of sp³-hybridized carbons (Fsp3) is 0. The number of rotatable bonds is 2. The van der Waals surface area contributed by atoms with E-state index in [0.717, 1.165) is 21.4 Å². The molecular weight excluding hydrogens is 290 g/mol. The van der Waals surface area contributed by atoms with Crippen molar-refractivity contribution in [2.75, 3.05) is 0 Å². The maximum absolute atomic E-state index is 4.33. The third-order valence-corrected chi connectivity index (χ3v) is 3.12. The van der Waals surface area contributed by atoms with Gasteiger partial charge in [0.05, 0.1) is 6.20 Å². The van der Waals surface area contributed by atoms with Crippen LogP contribution in [0, 0.1) is 0 Å². The molecule has 2 heterocycles. The Kier molecular flexibility index (Phi) is 2.94. The lowest BCUT2D eigenvalue weighted by Gasteiger charge is -1.99. The molecule has 0 N–H and O–H groups in total. The lowest BCUT2D eigenvalue weighted by atomic mass is 10.1. The van der Waals surface area contributed by atoms with Gasteiger partial charge in [0, 0.05) is 22.4 Å². The summed E-state index contributed by atoms with van der Waals surface area (Å²) in [5.74, 6) is 0.818. The molecule has 18 heavy (non-hydrogen) atoms. The molecule has 0 radical (unpaired) electrons. The fourth-order valence-corrected chi connectivity index (χ4v) is 2.15. The van der Waals surface area contributed by atoms with Crippen LogP contribution in [0.25, 0.3) is 16.9 Å². The minimum absolute atomic E-state index is 0.818. The molecular formula is C14H10BrN3. The zero-order valence-electron chi connectivity index (χ0n) is 9.49. The SMILES string of the molecule is Brc1cccc(-c2cnn(-c3ccccn3)c2)c1. The number of benzene rings is 1. The molecule has 0 aliphatic heterocycles. The molecule has 88 valence electrons. The summed E-state index contributed by atoms with van der Waals surface area (Å²) in [7, 11) is 0. The first-order valence-electron chi connectivity index (χ1n) is 5.55. The first-order valence-corrected chi connectivity index (χ1v) is 6.34. The molecule has 3 aromatic rings. The number of hydrogen-bond donors (Lipinski definition) is 0. The topological polar surface area (TPSA) is 30.7 Å². The second-order valence-corrected chi connectivity index (χ2v) is 4.79. The molecule has 0 amide bonds. The van der Waals surface area contributed by atoms with Crippen molar-refractivity contribution < 1.29 is 0 Å². The van der Waals surface area contributed by atoms with Crippen LogP contribution in [0.2, 0.25) is 0 Å². The van der Waals surface area contributed by atoms with Crippen LogP contribution in [0.5, 0.6) is 0 Å². The van der Waals surface area contributed by atoms with Gasteiger partial charge in [-0.3, -0.25) is 0 Å². The molecule has 4 heteroatoms. The molecule has 3 rings (SSSR count). The van der Waals surface area contributed by atoms with E-state index >= 15 is 0 Å². The second-order valence-electron chi connectivity index (χ2n) is 3.87. The van der Waals surface area contributed by atoms with Crippen molar-refractivity contribution in [1.82, 2.24) is 14.8 Å². The van der Waals surface area contributed by atoms with E-state index in [1.54, 1.807) is 10.9 Å². The van der Waals surface area contributed by atoms with Gasteiger partial charge in [-0.1, -0.05) is 34.1 Å². The van der Waals surface area contributed by atoms with Gasteiger partial charge < -0.3 is 0 Å². The van der Waals surface area contributed by atoms with Crippen molar-refractivity contribution in [3.63, 3.8) is 0 Å². The van der Waals surface area contributed by atoms with Gasteiger partial charge in [-0.15, -0.1) is 0 Å². The monoisotopic (exact) mass is 299 g/mol. The number of pyridine rings is 1. The molecule has 3 nitrogen and oxygen atoms in total. The van der Waals surface area contributed by atoms with Gasteiger partial charge in [0.15, 0.2) is 5.82 Å². The molecule has 0 saturated heterocycles. The van der Waals surface area contributed by atoms with Gasteiger partial charge in [0.1, 0.15) is 0 Å². The molecule has 1 aromatic carbocycles. The van der Waals surface area contributed by atoms with Crippen molar-refractivity contribution in [3.8, 4) is 16.9 Å². The van der Waals surface area contributed by atoms with Crippen LogP contribution in [0.4, 0.5) is 0 Å². The van der Waals surface area contributed by atoms with Crippen LogP contribution >= 0.6 is 15.9 Å². The van der Waals surface area contributed by atoms with Crippen molar-refractivity contribution in [2.45, 2.75) is 0 Å². The van der Waals surface area contributed by atoms with E-state index in [-0.39, 0.29) is 0 Å². The second kappa shape index (κ2) is 4.74. The molecule has 0 aliphatic carbocycles. The summed E-state index contributed by atoms with van der Waals surface area (Å²) in [6.45, 7) is 0. The summed E-state index contributed by atoms with van der Waals surface area (Å²) in [6.07, 6.45) is 5.58. The predicted octanol–water partition coefficient (Wildman–Crippen LogP) is 3.70. The minimum Gasteiger partial charge on any atom is -0.237 e. The Morgan fingerprint density at radius 2 is 1.94 bits per heavy atom. The standard InChI is InChI=1S/C14H10BrN3/c15-13-5-3-4-11(8-13)12-9-17-18(10-12)14-6-1-2-7-16-14/h1-10H. The molecule has 0 unspecified atom stereocenters. The maximum atomic E-state index is 4.33. The van der Waals surface area contributed by atoms with E-state index < -0.39 is 0 Å². The highest BCUT2D eigenvalue weighted by Crippen LogP contribution is 2.22. The predicted molar refractivity (Wildman–Crippen MR) is 74.5 cm³/mol. The van der Waals surface area contributed by atoms with Crippen molar-refractivity contribution in [2.24, 2.45) is 0 Å². The summed E-state index contributed by atoms with van der Waals surface area (Å²) in [4.78, 5) is 4.26. The van der Waals surface area contributed by atoms with Crippen LogP contribution < -0.4 is 0 Å². The molecule has 0 atom stereocenters. The largest absolute Gasteiger partial charge is 0.237 e. The smallest absolute Gasteiger partial charge is 0.153 e. The first kappa shape index (κ1) is 11.2. The Morgan fingerprint density at radius 1 is 1.00 bits per heavy atom. The molecule has 2 aromatic heterocycles. The maximum Gasteiger partial charge on any atom is 0.153 e. The van der Waals surface area contributed by atoms with Gasteiger partial charge in [-0.2, -0.15) is 5.10 Å². The number of halogens is 1. The highest BCUT2D eigenvalue weighted by Gasteiger charge is 2.03. The highest BCUT2D eigenvalue weighted by molar-refractivity contribution is 9.10. The van der Waals surface area contributed by atoms with E-state index in [1.165, 1.54) is 0 Å². The van der Waals surface area contributed by atoms with Crippen LogP contribution in [-0.4, -0.2) is 14.8 Å². The van der Waals surface area contributed by atoms with E-state index in [9.17, 15) is 0 Å². The van der Waals surface area contributed by atoms with Crippen LogP contribution in [-0.2, 0) is 0 Å². The van der Waals surface area contributed by atoms with Crippen molar-refractivity contribution in [1.29, 1.82) is 0 Å². The minimum atomic E-state index is 0.818. The Bertz CT molecular complexity index is 662. The Balaban J connectivity index is 2.00. The summed E-state index contributed by atoms with van der Waals surface area (Å²) < 4.78 is 2.83. The van der Waals surface area contributed by atoms with Gasteiger partial charge in [0.25, 0.3) is 0 Å². The van der Waals surface area contributed by atoms with Crippen molar-refractivity contribution >= 4 is 15.9 Å². The van der Waals surface area contributed by atoms with Crippen LogP contribution in [0.1, 0.15) is 0 Å². The molecule has 0 aliphatic rings. The van der Waals surface area contributed by atoms with E-state index in [2.05, 4.69) is 38.1 Å². The number of nitrogens with zero attached hydrogens (tertiary/aromatic N) is 3. The van der Waals surface area contributed by atoms with Crippen molar-refractivity contribution in [3.05, 3.63) is 65.5 Å². The third-order valence-electron chi connectivity index (χ3n) is 2.62. The molecule has 0 spiro atoms. The quantitative estimate of drug-likeness (QED) is 0.722. The normalized spacial score (nSPS) is 10.5. The van der Waals surface area contributed by atoms with Crippen LogP contribution in [0.3, 0.4) is 0 Å². The number of hydrogen-bond acceptors (Lipinski definition) is 2. The average Bonchev–Trinajstić information content (AvgIpc) is 2.89. The third kappa shape index (κ3) is 2.19. The van der Waals surface area contributed by atoms with Gasteiger partial charge in [-0.25, -0.2) is 9.67 Å². The number of aromatic nitrogens is 3. The van der Waals surface area contributed by atoms with Gasteiger partial charge >= 0.3 is 0 Å². The molecule has 0 fully saturated rings. The van der Waals surface area contributed by atoms with E-state index in [4.69, 9.17) is 0 Å². The Hall–Kier alpha value is -1.94. The lowest BCUT2D eigenvalue weighted by Crippen LogP contribution is -1.95. The molecule has 0 bridgehead atoms. The Labute approximate surface area is 113 Å². The fourth-order valence-electron chi connectivity index (χ4n) is 1.75. The average molecular weight is 300 g/mol. The van der Waals surface area contributed by atoms with E-state index in [0.29, 0.717) is 0 Å². The van der Waals surface area contributed by atoms with Gasteiger partial charge in [-0.05, 0) is 29.8 Å². The first-order chi connectivity index (χ1) is 8.83. The van der Waals surface area contributed by atoms with E-state index in [1.807, 2.05) is 42.7 Å². The summed E-state index contributed by atoms with van der Waals surface area (Å²) in [6, 6.07) is 13.9. The Morgan fingerprint density at radius 3 is 2.72 bits per heavy atom. The summed E-state index contributed by atoms with van der Waals surface area (Å²) in [5, 5.41) is 4.33. The van der Waals surface area contributed by atoms with Gasteiger partial charge in [0.2, 0.25) is 0 Å². The summed E-state index contributed by atoms with van der Waals surface area (Å²) >= 11 is 3.47.